The van der Waals surface area contributed by atoms with Gasteiger partial charge in [-0.15, -0.1) is 0 Å². The number of ether oxygens (including phenoxy) is 1. The van der Waals surface area contributed by atoms with Crippen LogP contribution in [0.25, 0.3) is 22.3 Å². The van der Waals surface area contributed by atoms with Crippen LogP contribution >= 0.6 is 0 Å². The molecule has 0 bridgehead atoms. The predicted molar refractivity (Wildman–Crippen MR) is 89.1 cm³/mol. The molecule has 0 aliphatic heterocycles. The van der Waals surface area contributed by atoms with E-state index in [-0.39, 0.29) is 11.2 Å². The number of aryl methyl sites for hydroxylation is 2. The summed E-state index contributed by atoms with van der Waals surface area (Å²) < 4.78 is 6.49. The van der Waals surface area contributed by atoms with E-state index in [9.17, 15) is 9.59 Å². The van der Waals surface area contributed by atoms with Gasteiger partial charge in [-0.3, -0.25) is 14.3 Å². The van der Waals surface area contributed by atoms with Crippen LogP contribution in [-0.2, 0) is 7.05 Å². The molecule has 0 atom stereocenters. The fraction of sp³-hybridized carbons (Fsp3) is 0.235. The van der Waals surface area contributed by atoms with Crippen LogP contribution in [-0.4, -0.2) is 21.6 Å². The molecule has 6 heteroatoms. The second-order valence-corrected chi connectivity index (χ2v) is 5.55. The largest absolute Gasteiger partial charge is 0.496 e. The van der Waals surface area contributed by atoms with Crippen LogP contribution < -0.4 is 16.0 Å². The zero-order valence-corrected chi connectivity index (χ0v) is 13.4. The molecule has 2 aromatic heterocycles. The molecule has 0 spiro atoms. The Morgan fingerprint density at radius 1 is 1.17 bits per heavy atom. The van der Waals surface area contributed by atoms with Gasteiger partial charge >= 0.3 is 5.69 Å². The highest BCUT2D eigenvalue weighted by atomic mass is 16.5. The molecule has 1 N–H and O–H groups in total. The smallest absolute Gasteiger partial charge is 0.329 e. The average Bonchev–Trinajstić information content (AvgIpc) is 2.51. The highest BCUT2D eigenvalue weighted by Gasteiger charge is 2.14. The van der Waals surface area contributed by atoms with Gasteiger partial charge in [0.2, 0.25) is 0 Å². The van der Waals surface area contributed by atoms with E-state index < -0.39 is 5.69 Å². The summed E-state index contributed by atoms with van der Waals surface area (Å²) >= 11 is 0. The molecule has 3 rings (SSSR count). The SMILES string of the molecule is COc1cc(C)cc(C)c1-c1ccc2c(=O)n(C)c(=O)[nH]c2n1. The Kier molecular flexibility index (Phi) is 3.52. The van der Waals surface area contributed by atoms with Gasteiger partial charge in [-0.2, -0.15) is 0 Å². The number of aromatic amines is 1. The van der Waals surface area contributed by atoms with Crippen molar-refractivity contribution in [2.75, 3.05) is 7.11 Å². The first-order valence-corrected chi connectivity index (χ1v) is 7.18. The zero-order chi connectivity index (χ0) is 16.7. The number of nitrogens with one attached hydrogen (secondary N) is 1. The number of hydrogen-bond donors (Lipinski definition) is 1. The predicted octanol–water partition coefficient (Wildman–Crippen LogP) is 1.91. The van der Waals surface area contributed by atoms with E-state index in [0.29, 0.717) is 16.8 Å². The number of methoxy groups -OCH3 is 1. The number of benzene rings is 1. The minimum absolute atomic E-state index is 0.276. The standard InChI is InChI=1S/C17H17N3O3/c1-9-7-10(2)14(13(8-9)23-4)12-6-5-11-15(18-12)19-17(22)20(3)16(11)21/h5-8H,1-4H3,(H,18,19,22). The van der Waals surface area contributed by atoms with Crippen molar-refractivity contribution < 1.29 is 4.74 Å². The summed E-state index contributed by atoms with van der Waals surface area (Å²) in [6, 6.07) is 7.41. The zero-order valence-electron chi connectivity index (χ0n) is 13.4. The van der Waals surface area contributed by atoms with Crippen LogP contribution in [0.1, 0.15) is 11.1 Å². The van der Waals surface area contributed by atoms with Crippen molar-refractivity contribution in [3.8, 4) is 17.0 Å². The summed E-state index contributed by atoms with van der Waals surface area (Å²) in [5.41, 5.74) is 3.02. The molecule has 0 radical (unpaired) electrons. The molecule has 6 nitrogen and oxygen atoms in total. The second kappa shape index (κ2) is 5.39. The second-order valence-electron chi connectivity index (χ2n) is 5.55. The molecule has 23 heavy (non-hydrogen) atoms. The third-order valence-corrected chi connectivity index (χ3v) is 3.88. The van der Waals surface area contributed by atoms with Crippen molar-refractivity contribution in [3.05, 3.63) is 56.2 Å². The normalized spacial score (nSPS) is 11.0. The molecule has 1 aromatic carbocycles. The van der Waals surface area contributed by atoms with Crippen molar-refractivity contribution in [3.63, 3.8) is 0 Å². The highest BCUT2D eigenvalue weighted by Crippen LogP contribution is 2.33. The number of nitrogens with zero attached hydrogens (tertiary/aromatic N) is 2. The third-order valence-electron chi connectivity index (χ3n) is 3.88. The Morgan fingerprint density at radius 2 is 1.91 bits per heavy atom. The monoisotopic (exact) mass is 311 g/mol. The molecule has 3 aromatic rings. The summed E-state index contributed by atoms with van der Waals surface area (Å²) in [6.07, 6.45) is 0. The number of fused-ring (bicyclic) bond motifs is 1. The van der Waals surface area contributed by atoms with Crippen molar-refractivity contribution in [2.24, 2.45) is 7.05 Å². The van der Waals surface area contributed by atoms with Gasteiger partial charge < -0.3 is 4.74 Å². The van der Waals surface area contributed by atoms with Crippen molar-refractivity contribution in [2.45, 2.75) is 13.8 Å². The van der Waals surface area contributed by atoms with E-state index in [1.54, 1.807) is 19.2 Å². The first-order chi connectivity index (χ1) is 10.9. The van der Waals surface area contributed by atoms with Crippen LogP contribution in [0, 0.1) is 13.8 Å². The van der Waals surface area contributed by atoms with Crippen LogP contribution in [0.5, 0.6) is 5.75 Å². The van der Waals surface area contributed by atoms with Crippen molar-refractivity contribution in [1.82, 2.24) is 14.5 Å². The number of pyridine rings is 1. The van der Waals surface area contributed by atoms with Gasteiger partial charge in [0.1, 0.15) is 11.4 Å². The average molecular weight is 311 g/mol. The number of aromatic nitrogens is 3. The van der Waals surface area contributed by atoms with Gasteiger partial charge in [0.05, 0.1) is 18.2 Å². The molecule has 2 heterocycles. The van der Waals surface area contributed by atoms with E-state index in [1.165, 1.54) is 7.05 Å². The van der Waals surface area contributed by atoms with E-state index in [0.717, 1.165) is 21.3 Å². The fourth-order valence-corrected chi connectivity index (χ4v) is 2.74. The molecule has 0 fully saturated rings. The lowest BCUT2D eigenvalue weighted by Crippen LogP contribution is -2.32. The first kappa shape index (κ1) is 15.0. The summed E-state index contributed by atoms with van der Waals surface area (Å²) in [4.78, 5) is 31.0. The molecule has 0 saturated carbocycles. The van der Waals surface area contributed by atoms with Crippen LogP contribution in [0.4, 0.5) is 0 Å². The fourth-order valence-electron chi connectivity index (χ4n) is 2.74. The first-order valence-electron chi connectivity index (χ1n) is 7.18. The van der Waals surface area contributed by atoms with Crippen LogP contribution in [0.15, 0.2) is 33.9 Å². The lowest BCUT2D eigenvalue weighted by Gasteiger charge is -2.13. The Balaban J connectivity index is 2.33. The summed E-state index contributed by atoms with van der Waals surface area (Å²) in [5, 5.41) is 0.375. The molecule has 0 saturated heterocycles. The Hall–Kier alpha value is -2.89. The molecular weight excluding hydrogens is 294 g/mol. The summed E-state index contributed by atoms with van der Waals surface area (Å²) in [6.45, 7) is 3.97. The maximum atomic E-state index is 12.1. The van der Waals surface area contributed by atoms with Crippen molar-refractivity contribution in [1.29, 1.82) is 0 Å². The number of H-pyrrole nitrogens is 1. The third kappa shape index (κ3) is 2.42. The van der Waals surface area contributed by atoms with Gasteiger partial charge in [-0.1, -0.05) is 6.07 Å². The minimum atomic E-state index is -0.486. The van der Waals surface area contributed by atoms with E-state index >= 15 is 0 Å². The lowest BCUT2D eigenvalue weighted by molar-refractivity contribution is 0.415. The maximum absolute atomic E-state index is 12.1. The van der Waals surface area contributed by atoms with E-state index in [2.05, 4.69) is 9.97 Å². The Morgan fingerprint density at radius 3 is 2.61 bits per heavy atom. The Bertz CT molecular complexity index is 1030. The molecule has 0 aliphatic rings. The maximum Gasteiger partial charge on any atom is 0.329 e. The van der Waals surface area contributed by atoms with Crippen molar-refractivity contribution >= 4 is 11.0 Å². The van der Waals surface area contributed by atoms with E-state index in [1.807, 2.05) is 26.0 Å². The lowest BCUT2D eigenvalue weighted by atomic mass is 10.0. The number of rotatable bonds is 2. The van der Waals surface area contributed by atoms with Crippen LogP contribution in [0.2, 0.25) is 0 Å². The van der Waals surface area contributed by atoms with E-state index in [4.69, 9.17) is 4.74 Å². The molecule has 0 aliphatic carbocycles. The molecular formula is C17H17N3O3. The Labute approximate surface area is 132 Å². The summed E-state index contributed by atoms with van der Waals surface area (Å²) in [7, 11) is 3.04. The van der Waals surface area contributed by atoms with Gasteiger partial charge in [-0.25, -0.2) is 9.78 Å². The van der Waals surface area contributed by atoms with Gasteiger partial charge in [-0.05, 0) is 43.2 Å². The van der Waals surface area contributed by atoms with Gasteiger partial charge in [0, 0.05) is 12.6 Å². The molecule has 0 amide bonds. The summed E-state index contributed by atoms with van der Waals surface area (Å²) in [5.74, 6) is 0.709. The van der Waals surface area contributed by atoms with Gasteiger partial charge in [0.25, 0.3) is 5.56 Å². The molecule has 118 valence electrons. The highest BCUT2D eigenvalue weighted by molar-refractivity contribution is 5.80. The quantitative estimate of drug-likeness (QED) is 0.784. The van der Waals surface area contributed by atoms with Gasteiger partial charge in [0.15, 0.2) is 0 Å². The topological polar surface area (TPSA) is 77.0 Å². The minimum Gasteiger partial charge on any atom is -0.496 e. The number of hydrogen-bond acceptors (Lipinski definition) is 4. The van der Waals surface area contributed by atoms with Crippen LogP contribution in [0.3, 0.4) is 0 Å². The molecule has 0 unspecified atom stereocenters.